The van der Waals surface area contributed by atoms with Crippen LogP contribution in [0.5, 0.6) is 11.5 Å². The quantitative estimate of drug-likeness (QED) is 0.378. The van der Waals surface area contributed by atoms with Crippen LogP contribution < -0.4 is 9.47 Å². The van der Waals surface area contributed by atoms with Crippen LogP contribution in [0.2, 0.25) is 5.02 Å². The number of halogens is 2. The van der Waals surface area contributed by atoms with E-state index in [1.54, 1.807) is 35.2 Å². The minimum atomic E-state index is -0.337. The Bertz CT molecular complexity index is 1070. The van der Waals surface area contributed by atoms with Gasteiger partial charge in [0.15, 0.2) is 11.5 Å². The summed E-state index contributed by atoms with van der Waals surface area (Å²) in [6.45, 7) is 1.33. The predicted molar refractivity (Wildman–Crippen MR) is 128 cm³/mol. The second kappa shape index (κ2) is 10.2. The number of thiocarbonyl (C=S) groups is 1. The number of hydrogen-bond acceptors (Lipinski definition) is 6. The highest BCUT2D eigenvalue weighted by Gasteiger charge is 2.34. The van der Waals surface area contributed by atoms with E-state index in [9.17, 15) is 9.18 Å². The summed E-state index contributed by atoms with van der Waals surface area (Å²) in [5, 5.41) is 0.321. The van der Waals surface area contributed by atoms with E-state index in [-0.39, 0.29) is 24.4 Å². The Morgan fingerprint density at radius 1 is 1.38 bits per heavy atom. The first-order valence-corrected chi connectivity index (χ1v) is 11.7. The number of rotatable bonds is 7. The van der Waals surface area contributed by atoms with Gasteiger partial charge in [-0.1, -0.05) is 47.7 Å². The van der Waals surface area contributed by atoms with Gasteiger partial charge in [-0.05, 0) is 54.3 Å². The molecule has 9 heteroatoms. The maximum atomic E-state index is 13.4. The van der Waals surface area contributed by atoms with Crippen LogP contribution in [0.25, 0.3) is 6.08 Å². The number of ether oxygens (including phenoxy) is 3. The summed E-state index contributed by atoms with van der Waals surface area (Å²) < 4.78 is 30.8. The molecule has 5 nitrogen and oxygen atoms in total. The van der Waals surface area contributed by atoms with Crippen molar-refractivity contribution in [3.8, 4) is 11.5 Å². The Morgan fingerprint density at radius 2 is 2.22 bits per heavy atom. The van der Waals surface area contributed by atoms with Crippen molar-refractivity contribution in [3.05, 3.63) is 63.3 Å². The lowest BCUT2D eigenvalue weighted by atomic mass is 10.1. The lowest BCUT2D eigenvalue weighted by Gasteiger charge is -2.18. The molecule has 1 atom stereocenters. The van der Waals surface area contributed by atoms with Gasteiger partial charge < -0.3 is 14.2 Å². The monoisotopic (exact) mass is 493 g/mol. The molecule has 2 aliphatic rings. The third kappa shape index (κ3) is 5.26. The van der Waals surface area contributed by atoms with Crippen LogP contribution in [0.3, 0.4) is 0 Å². The smallest absolute Gasteiger partial charge is 0.266 e. The van der Waals surface area contributed by atoms with Gasteiger partial charge in [0.2, 0.25) is 0 Å². The predicted octanol–water partition coefficient (Wildman–Crippen LogP) is 5.45. The molecule has 168 valence electrons. The first-order chi connectivity index (χ1) is 15.4. The number of benzene rings is 2. The highest BCUT2D eigenvalue weighted by Crippen LogP contribution is 2.39. The van der Waals surface area contributed by atoms with Crippen molar-refractivity contribution in [1.29, 1.82) is 0 Å². The highest BCUT2D eigenvalue weighted by molar-refractivity contribution is 8.26. The summed E-state index contributed by atoms with van der Waals surface area (Å²) in [6, 6.07) is 9.57. The molecule has 2 saturated heterocycles. The largest absolute Gasteiger partial charge is 0.493 e. The van der Waals surface area contributed by atoms with Gasteiger partial charge in [-0.15, -0.1) is 0 Å². The molecule has 0 unspecified atom stereocenters. The van der Waals surface area contributed by atoms with Crippen LogP contribution in [0, 0.1) is 5.82 Å². The fraction of sp³-hybridized carbons (Fsp3) is 0.304. The number of amides is 1. The van der Waals surface area contributed by atoms with E-state index >= 15 is 0 Å². The van der Waals surface area contributed by atoms with Crippen molar-refractivity contribution in [1.82, 2.24) is 4.90 Å². The third-order valence-electron chi connectivity index (χ3n) is 5.11. The Labute approximate surface area is 200 Å². The van der Waals surface area contributed by atoms with E-state index in [1.165, 1.54) is 31.0 Å². The van der Waals surface area contributed by atoms with Crippen LogP contribution in [-0.4, -0.2) is 41.5 Å². The summed E-state index contributed by atoms with van der Waals surface area (Å²) in [7, 11) is 1.51. The number of carbonyl (C=O) groups excluding carboxylic acids is 1. The van der Waals surface area contributed by atoms with Gasteiger partial charge in [0.25, 0.3) is 5.91 Å². The molecule has 0 bridgehead atoms. The molecule has 0 radical (unpaired) electrons. The number of thioether (sulfide) groups is 1. The Kier molecular flexibility index (Phi) is 7.35. The second-order valence-electron chi connectivity index (χ2n) is 7.38. The minimum Gasteiger partial charge on any atom is -0.493 e. The summed E-state index contributed by atoms with van der Waals surface area (Å²) in [5.41, 5.74) is 1.35. The van der Waals surface area contributed by atoms with Crippen LogP contribution >= 0.6 is 35.6 Å². The zero-order valence-corrected chi connectivity index (χ0v) is 19.7. The van der Waals surface area contributed by atoms with Crippen molar-refractivity contribution in [2.45, 2.75) is 25.6 Å². The Hall–Kier alpha value is -2.13. The Balaban J connectivity index is 1.51. The maximum absolute atomic E-state index is 13.4. The zero-order valence-electron chi connectivity index (χ0n) is 17.3. The molecule has 2 aliphatic heterocycles. The van der Waals surface area contributed by atoms with Crippen molar-refractivity contribution in [2.24, 2.45) is 0 Å². The van der Waals surface area contributed by atoms with Crippen molar-refractivity contribution < 1.29 is 23.4 Å². The lowest BCUT2D eigenvalue weighted by molar-refractivity contribution is -0.123. The first kappa shape index (κ1) is 23.0. The molecule has 0 aromatic heterocycles. The number of nitrogens with zero attached hydrogens (tertiary/aromatic N) is 1. The van der Waals surface area contributed by atoms with Gasteiger partial charge in [0.1, 0.15) is 16.7 Å². The van der Waals surface area contributed by atoms with E-state index in [1.807, 2.05) is 0 Å². The third-order valence-corrected chi connectivity index (χ3v) is 6.76. The standard InChI is InChI=1S/C23H21ClFNO4S2/c1-28-19-10-15(9-18(24)21(19)30-13-14-4-2-5-16(25)8-14)11-20-22(27)26(23(31)32-20)12-17-6-3-7-29-17/h2,4-5,8-11,17H,3,6-7,12-13H2,1H3/b20-11-/t17-/m1/s1. The molecule has 0 spiro atoms. The molecule has 2 aromatic rings. The van der Waals surface area contributed by atoms with Gasteiger partial charge >= 0.3 is 0 Å². The van der Waals surface area contributed by atoms with Gasteiger partial charge in [0.05, 0.1) is 29.7 Å². The normalized spacial score (nSPS) is 19.8. The molecular formula is C23H21ClFNO4S2. The highest BCUT2D eigenvalue weighted by atomic mass is 35.5. The number of hydrogen-bond donors (Lipinski definition) is 0. The van der Waals surface area contributed by atoms with Crippen LogP contribution in [0.4, 0.5) is 4.39 Å². The average Bonchev–Trinajstić information content (AvgIpc) is 3.37. The number of methoxy groups -OCH3 is 1. The average molecular weight is 494 g/mol. The van der Waals surface area contributed by atoms with Crippen LogP contribution in [0.15, 0.2) is 41.3 Å². The molecule has 1 amide bonds. The summed E-state index contributed by atoms with van der Waals surface area (Å²) in [4.78, 5) is 15.0. The summed E-state index contributed by atoms with van der Waals surface area (Å²) >= 11 is 13.1. The zero-order chi connectivity index (χ0) is 22.7. The van der Waals surface area contributed by atoms with E-state index < -0.39 is 0 Å². The van der Waals surface area contributed by atoms with Crippen molar-refractivity contribution in [2.75, 3.05) is 20.3 Å². The van der Waals surface area contributed by atoms with Gasteiger partial charge in [-0.2, -0.15) is 0 Å². The summed E-state index contributed by atoms with van der Waals surface area (Å²) in [6.07, 6.45) is 3.70. The molecule has 2 fully saturated rings. The van der Waals surface area contributed by atoms with E-state index in [0.29, 0.717) is 43.4 Å². The SMILES string of the molecule is COc1cc(/C=C2\SC(=S)N(C[C@H]3CCCO3)C2=O)cc(Cl)c1OCc1cccc(F)c1. The Morgan fingerprint density at radius 3 is 2.94 bits per heavy atom. The van der Waals surface area contributed by atoms with E-state index in [2.05, 4.69) is 0 Å². The van der Waals surface area contributed by atoms with Gasteiger partial charge in [-0.25, -0.2) is 4.39 Å². The molecule has 4 rings (SSSR count). The number of carbonyl (C=O) groups is 1. The molecule has 2 heterocycles. The first-order valence-electron chi connectivity index (χ1n) is 10.1. The second-order valence-corrected chi connectivity index (χ2v) is 9.46. The van der Waals surface area contributed by atoms with Gasteiger partial charge in [0, 0.05) is 6.61 Å². The fourth-order valence-electron chi connectivity index (χ4n) is 3.55. The molecule has 0 aliphatic carbocycles. The van der Waals surface area contributed by atoms with E-state index in [4.69, 9.17) is 38.0 Å². The molecule has 2 aromatic carbocycles. The molecule has 32 heavy (non-hydrogen) atoms. The van der Waals surface area contributed by atoms with Crippen LogP contribution in [0.1, 0.15) is 24.0 Å². The molecule has 0 N–H and O–H groups in total. The topological polar surface area (TPSA) is 48.0 Å². The minimum absolute atomic E-state index is 0.0286. The van der Waals surface area contributed by atoms with E-state index in [0.717, 1.165) is 19.4 Å². The van der Waals surface area contributed by atoms with Gasteiger partial charge in [-0.3, -0.25) is 9.69 Å². The summed E-state index contributed by atoms with van der Waals surface area (Å²) in [5.74, 6) is 0.282. The fourth-order valence-corrected chi connectivity index (χ4v) is 5.09. The maximum Gasteiger partial charge on any atom is 0.266 e. The van der Waals surface area contributed by atoms with Crippen LogP contribution in [-0.2, 0) is 16.1 Å². The molecular weight excluding hydrogens is 473 g/mol. The lowest BCUT2D eigenvalue weighted by Crippen LogP contribution is -2.35. The van der Waals surface area contributed by atoms with Crippen molar-refractivity contribution in [3.63, 3.8) is 0 Å². The van der Waals surface area contributed by atoms with Crippen molar-refractivity contribution >= 4 is 51.9 Å². The molecule has 0 saturated carbocycles.